The molecule has 13 heavy (non-hydrogen) atoms. The minimum absolute atomic E-state index is 0. The first-order valence-corrected chi connectivity index (χ1v) is 3.75. The maximum Gasteiger partial charge on any atom is 1.00 e. The number of hydrogen-bond donors (Lipinski definition) is 1. The van der Waals surface area contributed by atoms with Gasteiger partial charge in [0.05, 0.1) is 0 Å². The van der Waals surface area contributed by atoms with E-state index < -0.39 is 0 Å². The average Bonchev–Trinajstić information content (AvgIpc) is 1.82. The molecule has 0 aliphatic heterocycles. The molecule has 0 aromatic heterocycles. The average molecular weight is 240 g/mol. The van der Waals surface area contributed by atoms with E-state index >= 15 is 0 Å². The second-order valence-corrected chi connectivity index (χ2v) is 2.65. The van der Waals surface area contributed by atoms with Crippen LogP contribution >= 0.6 is 12.2 Å². The third-order valence-corrected chi connectivity index (χ3v) is 1.20. The van der Waals surface area contributed by atoms with Crippen LogP contribution in [-0.4, -0.2) is 38.8 Å². The molecule has 78 valence electrons. The van der Waals surface area contributed by atoms with Crippen LogP contribution in [0.2, 0.25) is 0 Å². The van der Waals surface area contributed by atoms with E-state index in [0.717, 1.165) is 13.1 Å². The summed E-state index contributed by atoms with van der Waals surface area (Å²) in [6.45, 7) is 5.94. The van der Waals surface area contributed by atoms with Crippen LogP contribution in [0.25, 0.3) is 0 Å². The smallest absolute Gasteiger partial charge is 0.412 e. The molecule has 0 saturated heterocycles. The molecule has 5 nitrogen and oxygen atoms in total. The summed E-state index contributed by atoms with van der Waals surface area (Å²) in [4.78, 5) is 0. The van der Waals surface area contributed by atoms with Crippen molar-refractivity contribution in [3.8, 4) is 0 Å². The summed E-state index contributed by atoms with van der Waals surface area (Å²) in [6.07, 6.45) is 0. The first-order chi connectivity index (χ1) is 4.20. The van der Waals surface area contributed by atoms with E-state index in [9.17, 15) is 0 Å². The van der Waals surface area contributed by atoms with Crippen LogP contribution in [0.4, 0.5) is 0 Å². The molecule has 7 N–H and O–H groups in total. The van der Waals surface area contributed by atoms with Crippen molar-refractivity contribution in [1.29, 1.82) is 0 Å². The van der Waals surface area contributed by atoms with Gasteiger partial charge in [0.2, 0.25) is 0 Å². The van der Waals surface area contributed by atoms with Gasteiger partial charge in [-0.3, -0.25) is 0 Å². The fraction of sp³-hybridized carbons (Fsp3) is 0.800. The number of nitrogens with one attached hydrogen (secondary N) is 1. The summed E-state index contributed by atoms with van der Waals surface area (Å²) in [5.41, 5.74) is 2.86. The van der Waals surface area contributed by atoms with Crippen molar-refractivity contribution in [1.82, 2.24) is 10.4 Å². The van der Waals surface area contributed by atoms with Gasteiger partial charge in [-0.25, -0.2) is 5.01 Å². The van der Waals surface area contributed by atoms with Gasteiger partial charge in [-0.05, 0) is 4.32 Å². The Bertz CT molecular complexity index is 106. The molecule has 0 bridgehead atoms. The molecule has 0 fully saturated rings. The number of rotatable bonds is 3. The number of nitrogens with zero attached hydrogens (tertiary/aromatic N) is 1. The first kappa shape index (κ1) is 29.2. The van der Waals surface area contributed by atoms with Gasteiger partial charge in [0.15, 0.2) is 0 Å². The SMILES string of the molecule is CCN(CC)NC(=S)[S-].O.O.O.[Na+]. The number of hydrogen-bond acceptors (Lipinski definition) is 3. The fourth-order valence-corrected chi connectivity index (χ4v) is 0.769. The predicted molar refractivity (Wildman–Crippen MR) is 56.9 cm³/mol. The Labute approximate surface area is 112 Å². The third kappa shape index (κ3) is 19.4. The minimum atomic E-state index is 0. The Morgan fingerprint density at radius 1 is 1.23 bits per heavy atom. The Balaban J connectivity index is -0.0000000533. The minimum Gasteiger partial charge on any atom is -0.412 e. The molecule has 0 unspecified atom stereocenters. The topological polar surface area (TPSA) is 110 Å². The molecule has 0 aromatic rings. The molecule has 0 amide bonds. The van der Waals surface area contributed by atoms with Crippen LogP contribution in [-0.2, 0) is 12.6 Å². The van der Waals surface area contributed by atoms with Gasteiger partial charge < -0.3 is 46.7 Å². The monoisotopic (exact) mass is 240 g/mol. The van der Waals surface area contributed by atoms with Crippen molar-refractivity contribution in [2.75, 3.05) is 13.1 Å². The van der Waals surface area contributed by atoms with Crippen LogP contribution in [0.5, 0.6) is 0 Å². The normalized spacial score (nSPS) is 6.69. The van der Waals surface area contributed by atoms with E-state index in [4.69, 9.17) is 0 Å². The summed E-state index contributed by atoms with van der Waals surface area (Å²) < 4.78 is 0.415. The summed E-state index contributed by atoms with van der Waals surface area (Å²) in [5, 5.41) is 1.95. The van der Waals surface area contributed by atoms with Crippen LogP contribution in [0.15, 0.2) is 0 Å². The summed E-state index contributed by atoms with van der Waals surface area (Å²) >= 11 is 9.33. The molecule has 0 aliphatic rings. The van der Waals surface area contributed by atoms with E-state index in [1.807, 2.05) is 18.9 Å². The van der Waals surface area contributed by atoms with Crippen LogP contribution in [0.3, 0.4) is 0 Å². The van der Waals surface area contributed by atoms with Gasteiger partial charge in [0.25, 0.3) is 0 Å². The second kappa shape index (κ2) is 18.7. The van der Waals surface area contributed by atoms with Gasteiger partial charge in [-0.1, -0.05) is 13.8 Å². The van der Waals surface area contributed by atoms with Crippen molar-refractivity contribution in [2.45, 2.75) is 13.8 Å². The molecule has 0 heterocycles. The molecule has 0 spiro atoms. The van der Waals surface area contributed by atoms with Gasteiger partial charge in [-0.2, -0.15) is 0 Å². The van der Waals surface area contributed by atoms with Crippen LogP contribution in [0.1, 0.15) is 13.8 Å². The number of thiocarbonyl (C=S) groups is 1. The molecule has 8 heteroatoms. The number of hydrazine groups is 1. The molecular weight excluding hydrogens is 223 g/mol. The molecular formula is C5H17N2NaO3S2. The Hall–Kier alpha value is 0.950. The van der Waals surface area contributed by atoms with Crippen molar-refractivity contribution >= 4 is 29.2 Å². The molecule has 0 rings (SSSR count). The fourth-order valence-electron chi connectivity index (χ4n) is 0.511. The van der Waals surface area contributed by atoms with Gasteiger partial charge in [0, 0.05) is 13.1 Å². The van der Waals surface area contributed by atoms with Crippen LogP contribution < -0.4 is 35.0 Å². The molecule has 0 aromatic carbocycles. The quantitative estimate of drug-likeness (QED) is 0.231. The Kier molecular flexibility index (Phi) is 42.0. The standard InChI is InChI=1S/C5H12N2S2.Na.3H2O/c1-3-7(4-2)6-5(8)9;;;;/h3-4H2,1-2H3,(H2,6,8,9);;3*1H2/q;+1;;;/p-1. The summed E-state index contributed by atoms with van der Waals surface area (Å²) in [6, 6.07) is 0. The Morgan fingerprint density at radius 3 is 1.62 bits per heavy atom. The first-order valence-electron chi connectivity index (χ1n) is 2.93. The molecule has 0 radical (unpaired) electrons. The third-order valence-electron chi connectivity index (χ3n) is 1.01. The van der Waals surface area contributed by atoms with E-state index in [0.29, 0.717) is 4.32 Å². The summed E-state index contributed by atoms with van der Waals surface area (Å²) in [7, 11) is 0. The van der Waals surface area contributed by atoms with Crippen molar-refractivity contribution in [3.05, 3.63) is 0 Å². The second-order valence-electron chi connectivity index (χ2n) is 1.57. The predicted octanol–water partition coefficient (Wildman–Crippen LogP) is -4.81. The van der Waals surface area contributed by atoms with Gasteiger partial charge in [0.1, 0.15) is 0 Å². The largest absolute Gasteiger partial charge is 1.00 e. The maximum atomic E-state index is 4.67. The molecule has 0 atom stereocenters. The van der Waals surface area contributed by atoms with Crippen molar-refractivity contribution < 1.29 is 46.0 Å². The van der Waals surface area contributed by atoms with Gasteiger partial charge >= 0.3 is 29.6 Å². The van der Waals surface area contributed by atoms with Crippen molar-refractivity contribution in [3.63, 3.8) is 0 Å². The van der Waals surface area contributed by atoms with Crippen molar-refractivity contribution in [2.24, 2.45) is 0 Å². The van der Waals surface area contributed by atoms with E-state index in [1.165, 1.54) is 0 Å². The van der Waals surface area contributed by atoms with E-state index in [-0.39, 0.29) is 46.0 Å². The zero-order valence-corrected chi connectivity index (χ0v) is 11.8. The van der Waals surface area contributed by atoms with E-state index in [1.54, 1.807) is 0 Å². The zero-order valence-electron chi connectivity index (χ0n) is 8.18. The summed E-state index contributed by atoms with van der Waals surface area (Å²) in [5.74, 6) is 0. The molecule has 0 saturated carbocycles. The van der Waals surface area contributed by atoms with E-state index in [2.05, 4.69) is 30.3 Å². The van der Waals surface area contributed by atoms with Crippen LogP contribution in [0, 0.1) is 0 Å². The maximum absolute atomic E-state index is 4.67. The molecule has 0 aliphatic carbocycles. The zero-order chi connectivity index (χ0) is 7.28. The van der Waals surface area contributed by atoms with Gasteiger partial charge in [-0.15, -0.1) is 0 Å². The Morgan fingerprint density at radius 2 is 1.54 bits per heavy atom.